The summed E-state index contributed by atoms with van der Waals surface area (Å²) in [5.74, 6) is -0.120. The van der Waals surface area contributed by atoms with E-state index >= 15 is 0 Å². The molecule has 0 aliphatic carbocycles. The fourth-order valence-electron chi connectivity index (χ4n) is 3.81. The monoisotopic (exact) mass is 339 g/mol. The number of nitrogens with one attached hydrogen (secondary N) is 3. The van der Waals surface area contributed by atoms with E-state index in [1.165, 1.54) is 11.1 Å². The smallest absolute Gasteiger partial charge is 0.132 e. The highest BCUT2D eigenvalue weighted by Crippen LogP contribution is 2.45. The normalized spacial score (nSPS) is 19.1. The van der Waals surface area contributed by atoms with Gasteiger partial charge in [0, 0.05) is 57.1 Å². The highest BCUT2D eigenvalue weighted by atomic mass is 32.2. The average molecular weight is 339 g/mol. The van der Waals surface area contributed by atoms with Crippen molar-refractivity contribution < 1.29 is 4.39 Å². The third-order valence-corrected chi connectivity index (χ3v) is 6.27. The van der Waals surface area contributed by atoms with Crippen molar-refractivity contribution in [2.75, 3.05) is 18.4 Å². The molecule has 122 valence electrons. The van der Waals surface area contributed by atoms with Crippen LogP contribution in [0.1, 0.15) is 12.0 Å². The molecule has 3 nitrogen and oxygen atoms in total. The van der Waals surface area contributed by atoms with Gasteiger partial charge in [-0.15, -0.1) is 11.8 Å². The molecule has 0 saturated carbocycles. The van der Waals surface area contributed by atoms with E-state index in [0.717, 1.165) is 53.1 Å². The van der Waals surface area contributed by atoms with Crippen molar-refractivity contribution in [1.29, 1.82) is 0 Å². The molecule has 0 radical (unpaired) electrons. The lowest BCUT2D eigenvalue weighted by Crippen LogP contribution is -2.10. The number of halogens is 1. The van der Waals surface area contributed by atoms with Gasteiger partial charge in [-0.3, -0.25) is 0 Å². The van der Waals surface area contributed by atoms with Crippen molar-refractivity contribution in [3.05, 3.63) is 47.9 Å². The summed E-state index contributed by atoms with van der Waals surface area (Å²) in [5, 5.41) is 9.16. The molecule has 1 saturated heterocycles. The Bertz CT molecular complexity index is 914. The predicted octanol–water partition coefficient (Wildman–Crippen LogP) is 4.35. The SMILES string of the molecule is Fc1ccc2c3c(c(-c4ccc[nH]4)cc(S[C@H]4CCNC4)c13)CN2. The topological polar surface area (TPSA) is 39.9 Å². The summed E-state index contributed by atoms with van der Waals surface area (Å²) in [5.41, 5.74) is 4.51. The Labute approximate surface area is 144 Å². The van der Waals surface area contributed by atoms with Gasteiger partial charge < -0.3 is 15.6 Å². The molecule has 2 aliphatic heterocycles. The molecule has 3 aromatic rings. The maximum absolute atomic E-state index is 14.7. The van der Waals surface area contributed by atoms with Gasteiger partial charge in [-0.25, -0.2) is 4.39 Å². The average Bonchev–Trinajstić information content (AvgIpc) is 3.34. The van der Waals surface area contributed by atoms with E-state index in [0.29, 0.717) is 5.25 Å². The van der Waals surface area contributed by atoms with Crippen LogP contribution < -0.4 is 10.6 Å². The van der Waals surface area contributed by atoms with E-state index in [9.17, 15) is 4.39 Å². The molecule has 5 rings (SSSR count). The molecule has 0 unspecified atom stereocenters. The van der Waals surface area contributed by atoms with Gasteiger partial charge >= 0.3 is 0 Å². The summed E-state index contributed by atoms with van der Waals surface area (Å²) in [6.45, 7) is 2.79. The lowest BCUT2D eigenvalue weighted by atomic mass is 9.98. The van der Waals surface area contributed by atoms with Crippen molar-refractivity contribution in [3.8, 4) is 11.3 Å². The van der Waals surface area contributed by atoms with Gasteiger partial charge in [-0.1, -0.05) is 0 Å². The van der Waals surface area contributed by atoms with Crippen LogP contribution in [-0.2, 0) is 6.54 Å². The van der Waals surface area contributed by atoms with E-state index in [1.54, 1.807) is 6.07 Å². The summed E-state index contributed by atoms with van der Waals surface area (Å²) in [4.78, 5) is 4.36. The first-order chi connectivity index (χ1) is 11.8. The van der Waals surface area contributed by atoms with Crippen LogP contribution >= 0.6 is 11.8 Å². The molecule has 1 aromatic heterocycles. The van der Waals surface area contributed by atoms with Crippen LogP contribution in [0, 0.1) is 5.82 Å². The Morgan fingerprint density at radius 1 is 1.17 bits per heavy atom. The molecule has 0 spiro atoms. The maximum Gasteiger partial charge on any atom is 0.132 e. The fourth-order valence-corrected chi connectivity index (χ4v) is 5.11. The number of H-pyrrole nitrogens is 1. The Morgan fingerprint density at radius 3 is 2.92 bits per heavy atom. The summed E-state index contributed by atoms with van der Waals surface area (Å²) in [6, 6.07) is 9.71. The standard InChI is InChI=1S/C19H18FN3S/c20-14-3-4-16-18-13(10-23-16)12(15-2-1-6-22-15)8-17(19(14)18)24-11-5-7-21-9-11/h1-4,6,8,11,21-23H,5,7,9-10H2/t11-/m0/s1. The van der Waals surface area contributed by atoms with Crippen LogP contribution in [0.2, 0.25) is 0 Å². The molecule has 0 amide bonds. The zero-order chi connectivity index (χ0) is 16.1. The number of thioether (sulfide) groups is 1. The van der Waals surface area contributed by atoms with Crippen LogP contribution in [-0.4, -0.2) is 23.3 Å². The highest BCUT2D eigenvalue weighted by Gasteiger charge is 2.25. The van der Waals surface area contributed by atoms with E-state index < -0.39 is 0 Å². The molecule has 0 bridgehead atoms. The van der Waals surface area contributed by atoms with Crippen LogP contribution in [0.3, 0.4) is 0 Å². The maximum atomic E-state index is 14.7. The predicted molar refractivity (Wildman–Crippen MR) is 98.2 cm³/mol. The minimum atomic E-state index is -0.120. The molecule has 1 atom stereocenters. The zero-order valence-corrected chi connectivity index (χ0v) is 14.0. The van der Waals surface area contributed by atoms with Gasteiger partial charge in [-0.2, -0.15) is 0 Å². The van der Waals surface area contributed by atoms with Crippen molar-refractivity contribution >= 4 is 28.2 Å². The Balaban J connectivity index is 1.77. The second-order valence-corrected chi connectivity index (χ2v) is 7.76. The van der Waals surface area contributed by atoms with Crippen molar-refractivity contribution in [2.45, 2.75) is 23.1 Å². The molecule has 3 heterocycles. The Kier molecular flexibility index (Phi) is 3.31. The lowest BCUT2D eigenvalue weighted by Gasteiger charge is -2.15. The molecule has 1 fully saturated rings. The number of aromatic amines is 1. The fraction of sp³-hybridized carbons (Fsp3) is 0.263. The molecular formula is C19H18FN3S. The first-order valence-electron chi connectivity index (χ1n) is 8.34. The van der Waals surface area contributed by atoms with Crippen LogP contribution in [0.4, 0.5) is 10.1 Å². The lowest BCUT2D eigenvalue weighted by molar-refractivity contribution is 0.638. The Morgan fingerprint density at radius 2 is 2.12 bits per heavy atom. The van der Waals surface area contributed by atoms with Crippen molar-refractivity contribution in [1.82, 2.24) is 10.3 Å². The number of benzene rings is 2. The van der Waals surface area contributed by atoms with Crippen LogP contribution in [0.15, 0.2) is 41.4 Å². The summed E-state index contributed by atoms with van der Waals surface area (Å²) in [7, 11) is 0. The van der Waals surface area contributed by atoms with Crippen LogP contribution in [0.25, 0.3) is 22.0 Å². The number of hydrogen-bond acceptors (Lipinski definition) is 3. The van der Waals surface area contributed by atoms with Gasteiger partial charge in [0.05, 0.1) is 0 Å². The van der Waals surface area contributed by atoms with E-state index in [1.807, 2.05) is 30.1 Å². The van der Waals surface area contributed by atoms with Crippen molar-refractivity contribution in [3.63, 3.8) is 0 Å². The largest absolute Gasteiger partial charge is 0.380 e. The molecule has 2 aromatic carbocycles. The van der Waals surface area contributed by atoms with Gasteiger partial charge in [0.15, 0.2) is 0 Å². The minimum absolute atomic E-state index is 0.120. The van der Waals surface area contributed by atoms with Gasteiger partial charge in [0.1, 0.15) is 5.82 Å². The first kappa shape index (κ1) is 14.4. The number of rotatable bonds is 3. The molecule has 2 aliphatic rings. The molecule has 24 heavy (non-hydrogen) atoms. The Hall–Kier alpha value is -1.98. The molecule has 3 N–H and O–H groups in total. The number of hydrogen-bond donors (Lipinski definition) is 3. The first-order valence-corrected chi connectivity index (χ1v) is 9.22. The van der Waals surface area contributed by atoms with E-state index in [4.69, 9.17) is 0 Å². The molecule has 5 heteroatoms. The second-order valence-electron chi connectivity index (χ2n) is 6.42. The quantitative estimate of drug-likeness (QED) is 0.664. The minimum Gasteiger partial charge on any atom is -0.380 e. The van der Waals surface area contributed by atoms with E-state index in [-0.39, 0.29) is 5.82 Å². The summed E-state index contributed by atoms with van der Waals surface area (Å²) in [6.07, 6.45) is 3.07. The van der Waals surface area contributed by atoms with Gasteiger partial charge in [0.2, 0.25) is 0 Å². The number of anilines is 1. The van der Waals surface area contributed by atoms with Crippen LogP contribution in [0.5, 0.6) is 0 Å². The van der Waals surface area contributed by atoms with Gasteiger partial charge in [0.25, 0.3) is 0 Å². The molecular weight excluding hydrogens is 321 g/mol. The second kappa shape index (κ2) is 5.53. The highest BCUT2D eigenvalue weighted by molar-refractivity contribution is 8.00. The summed E-state index contributed by atoms with van der Waals surface area (Å²) < 4.78 is 14.7. The van der Waals surface area contributed by atoms with E-state index in [2.05, 4.69) is 27.8 Å². The van der Waals surface area contributed by atoms with Crippen molar-refractivity contribution in [2.24, 2.45) is 0 Å². The third-order valence-electron chi connectivity index (χ3n) is 4.96. The summed E-state index contributed by atoms with van der Waals surface area (Å²) >= 11 is 1.81. The third kappa shape index (κ3) is 2.15. The number of aromatic nitrogens is 1. The zero-order valence-electron chi connectivity index (χ0n) is 13.2. The van der Waals surface area contributed by atoms with Gasteiger partial charge in [-0.05, 0) is 48.9 Å².